The molecule has 0 aliphatic carbocycles. The van der Waals surface area contributed by atoms with E-state index in [1.165, 1.54) is 6.20 Å². The summed E-state index contributed by atoms with van der Waals surface area (Å²) in [7, 11) is 0. The molecule has 0 aliphatic heterocycles. The summed E-state index contributed by atoms with van der Waals surface area (Å²) in [5.41, 5.74) is 0.0135. The van der Waals surface area contributed by atoms with Crippen molar-refractivity contribution < 1.29 is 14.3 Å². The molecule has 0 bridgehead atoms. The predicted octanol–water partition coefficient (Wildman–Crippen LogP) is 3.28. The van der Waals surface area contributed by atoms with Crippen LogP contribution in [0, 0.1) is 0 Å². The van der Waals surface area contributed by atoms with Gasteiger partial charge in [0.25, 0.3) is 5.91 Å². The number of pyridine rings is 1. The zero-order chi connectivity index (χ0) is 18.4. The molecule has 1 heterocycles. The van der Waals surface area contributed by atoms with E-state index in [0.717, 1.165) is 4.47 Å². The van der Waals surface area contributed by atoms with E-state index in [9.17, 15) is 9.59 Å². The lowest BCUT2D eigenvalue weighted by atomic mass is 10.1. The number of nitrogens with one attached hydrogen (secondary N) is 2. The van der Waals surface area contributed by atoms with Crippen LogP contribution in [0.1, 0.15) is 31.1 Å². The van der Waals surface area contributed by atoms with Crippen molar-refractivity contribution in [3.05, 3.63) is 52.6 Å². The van der Waals surface area contributed by atoms with Crippen molar-refractivity contribution in [3.63, 3.8) is 0 Å². The molecule has 0 fully saturated rings. The second-order valence-corrected chi connectivity index (χ2v) is 7.34. The van der Waals surface area contributed by atoms with Gasteiger partial charge in [-0.3, -0.25) is 9.59 Å². The first kappa shape index (κ1) is 18.9. The van der Waals surface area contributed by atoms with Gasteiger partial charge in [-0.25, -0.2) is 4.98 Å². The molecular weight excluding hydrogens is 386 g/mol. The van der Waals surface area contributed by atoms with E-state index in [2.05, 4.69) is 31.5 Å². The van der Waals surface area contributed by atoms with Crippen LogP contribution in [0.4, 0.5) is 0 Å². The number of rotatable bonds is 5. The molecule has 2 rings (SSSR count). The fourth-order valence-electron chi connectivity index (χ4n) is 1.95. The van der Waals surface area contributed by atoms with Gasteiger partial charge in [0.05, 0.1) is 12.1 Å². The number of nitrogens with zero attached hydrogens (tertiary/aromatic N) is 1. The van der Waals surface area contributed by atoms with Gasteiger partial charge in [0.2, 0.25) is 11.8 Å². The number of hydrogen-bond acceptors (Lipinski definition) is 4. The molecule has 0 radical (unpaired) electrons. The molecule has 0 unspecified atom stereocenters. The van der Waals surface area contributed by atoms with E-state index in [0.29, 0.717) is 17.2 Å². The highest BCUT2D eigenvalue weighted by molar-refractivity contribution is 9.10. The van der Waals surface area contributed by atoms with Gasteiger partial charge in [0, 0.05) is 22.3 Å². The Morgan fingerprint density at radius 3 is 2.56 bits per heavy atom. The average molecular weight is 406 g/mol. The third-order valence-electron chi connectivity index (χ3n) is 2.94. The summed E-state index contributed by atoms with van der Waals surface area (Å²) < 4.78 is 6.51. The molecule has 25 heavy (non-hydrogen) atoms. The maximum absolute atomic E-state index is 12.1. The number of carbonyl (C=O) groups is 2. The first-order chi connectivity index (χ1) is 11.7. The number of hydrogen-bond donors (Lipinski definition) is 2. The van der Waals surface area contributed by atoms with Gasteiger partial charge in [0.15, 0.2) is 0 Å². The SMILES string of the molecule is CC(C)(C)NC(=O)CNC(=O)c1ccc(Oc2cccc(Br)c2)nc1. The Balaban J connectivity index is 1.90. The largest absolute Gasteiger partial charge is 0.439 e. The molecule has 1 aromatic carbocycles. The van der Waals surface area contributed by atoms with Crippen LogP contribution in [0.2, 0.25) is 0 Å². The van der Waals surface area contributed by atoms with Gasteiger partial charge >= 0.3 is 0 Å². The summed E-state index contributed by atoms with van der Waals surface area (Å²) in [5.74, 6) is 0.395. The summed E-state index contributed by atoms with van der Waals surface area (Å²) >= 11 is 3.37. The second-order valence-electron chi connectivity index (χ2n) is 6.43. The van der Waals surface area contributed by atoms with Crippen LogP contribution in [-0.2, 0) is 4.79 Å². The van der Waals surface area contributed by atoms with Crippen LogP contribution in [0.5, 0.6) is 11.6 Å². The minimum absolute atomic E-state index is 0.0909. The first-order valence-electron chi connectivity index (χ1n) is 7.72. The van der Waals surface area contributed by atoms with Crippen molar-refractivity contribution in [3.8, 4) is 11.6 Å². The summed E-state index contributed by atoms with van der Waals surface area (Å²) in [4.78, 5) is 27.9. The Kier molecular flexibility index (Phi) is 6.14. The lowest BCUT2D eigenvalue weighted by molar-refractivity contribution is -0.121. The summed E-state index contributed by atoms with van der Waals surface area (Å²) in [6.45, 7) is 5.54. The lowest BCUT2D eigenvalue weighted by Crippen LogP contribution is -2.45. The fourth-order valence-corrected chi connectivity index (χ4v) is 2.33. The zero-order valence-corrected chi connectivity index (χ0v) is 15.9. The lowest BCUT2D eigenvalue weighted by Gasteiger charge is -2.20. The molecule has 0 aliphatic rings. The van der Waals surface area contributed by atoms with Crippen LogP contribution in [0.25, 0.3) is 0 Å². The number of ether oxygens (including phenoxy) is 1. The molecule has 2 aromatic rings. The van der Waals surface area contributed by atoms with Crippen LogP contribution in [-0.4, -0.2) is 28.9 Å². The minimum Gasteiger partial charge on any atom is -0.439 e. The zero-order valence-electron chi connectivity index (χ0n) is 14.3. The number of amides is 2. The number of carbonyl (C=O) groups excluding carboxylic acids is 2. The summed E-state index contributed by atoms with van der Waals surface area (Å²) in [6, 6.07) is 10.6. The highest BCUT2D eigenvalue weighted by atomic mass is 79.9. The van der Waals surface area contributed by atoms with Crippen LogP contribution in [0.15, 0.2) is 47.1 Å². The van der Waals surface area contributed by atoms with Crippen molar-refractivity contribution in [1.29, 1.82) is 0 Å². The van der Waals surface area contributed by atoms with Gasteiger partial charge in [0.1, 0.15) is 5.75 Å². The minimum atomic E-state index is -0.370. The molecule has 7 heteroatoms. The maximum atomic E-state index is 12.1. The van der Waals surface area contributed by atoms with Gasteiger partial charge in [-0.1, -0.05) is 22.0 Å². The average Bonchev–Trinajstić information content (AvgIpc) is 2.52. The molecule has 132 valence electrons. The van der Waals surface area contributed by atoms with Gasteiger partial charge in [-0.05, 0) is 45.0 Å². The Bertz CT molecular complexity index is 755. The van der Waals surface area contributed by atoms with E-state index in [1.807, 2.05) is 39.0 Å². The predicted molar refractivity (Wildman–Crippen MR) is 98.7 cm³/mol. The van der Waals surface area contributed by atoms with E-state index in [-0.39, 0.29) is 23.9 Å². The number of aromatic nitrogens is 1. The van der Waals surface area contributed by atoms with E-state index in [1.54, 1.807) is 18.2 Å². The van der Waals surface area contributed by atoms with Gasteiger partial charge in [-0.2, -0.15) is 0 Å². The molecular formula is C18H20BrN3O3. The Morgan fingerprint density at radius 1 is 1.20 bits per heavy atom. The Labute approximate surface area is 155 Å². The topological polar surface area (TPSA) is 80.3 Å². The van der Waals surface area contributed by atoms with Crippen LogP contribution < -0.4 is 15.4 Å². The van der Waals surface area contributed by atoms with Crippen LogP contribution in [0.3, 0.4) is 0 Å². The Morgan fingerprint density at radius 2 is 1.96 bits per heavy atom. The molecule has 2 N–H and O–H groups in total. The highest BCUT2D eigenvalue weighted by Crippen LogP contribution is 2.22. The van der Waals surface area contributed by atoms with Gasteiger partial charge in [-0.15, -0.1) is 0 Å². The Hall–Kier alpha value is -2.41. The number of halogens is 1. The van der Waals surface area contributed by atoms with E-state index < -0.39 is 0 Å². The van der Waals surface area contributed by atoms with Crippen molar-refractivity contribution >= 4 is 27.7 Å². The third-order valence-corrected chi connectivity index (χ3v) is 3.43. The van der Waals surface area contributed by atoms with E-state index in [4.69, 9.17) is 4.74 Å². The third kappa shape index (κ3) is 6.54. The molecule has 0 saturated carbocycles. The normalized spacial score (nSPS) is 10.9. The molecule has 2 amide bonds. The molecule has 0 saturated heterocycles. The molecule has 6 nitrogen and oxygen atoms in total. The van der Waals surface area contributed by atoms with Crippen molar-refractivity contribution in [2.45, 2.75) is 26.3 Å². The molecule has 0 atom stereocenters. The van der Waals surface area contributed by atoms with Gasteiger partial charge < -0.3 is 15.4 Å². The first-order valence-corrected chi connectivity index (χ1v) is 8.51. The standard InChI is InChI=1S/C18H20BrN3O3/c1-18(2,3)22-15(23)11-21-17(24)12-7-8-16(20-10-12)25-14-6-4-5-13(19)9-14/h4-10H,11H2,1-3H3,(H,21,24)(H,22,23). The van der Waals surface area contributed by atoms with Crippen molar-refractivity contribution in [2.24, 2.45) is 0 Å². The summed E-state index contributed by atoms with van der Waals surface area (Å²) in [6.07, 6.45) is 1.41. The van der Waals surface area contributed by atoms with Crippen molar-refractivity contribution in [2.75, 3.05) is 6.54 Å². The van der Waals surface area contributed by atoms with Crippen molar-refractivity contribution in [1.82, 2.24) is 15.6 Å². The monoisotopic (exact) mass is 405 g/mol. The maximum Gasteiger partial charge on any atom is 0.253 e. The highest BCUT2D eigenvalue weighted by Gasteiger charge is 2.15. The second kappa shape index (κ2) is 8.11. The van der Waals surface area contributed by atoms with Crippen LogP contribution >= 0.6 is 15.9 Å². The molecule has 1 aromatic heterocycles. The van der Waals surface area contributed by atoms with E-state index >= 15 is 0 Å². The molecule has 0 spiro atoms. The fraction of sp³-hybridized carbons (Fsp3) is 0.278. The number of benzene rings is 1. The quantitative estimate of drug-likeness (QED) is 0.799. The summed E-state index contributed by atoms with van der Waals surface area (Å²) in [5, 5.41) is 5.33. The smallest absolute Gasteiger partial charge is 0.253 e.